The number of hydrogen-bond acceptors (Lipinski definition) is 3. The zero-order valence-corrected chi connectivity index (χ0v) is 9.23. The highest BCUT2D eigenvalue weighted by Crippen LogP contribution is 2.24. The molecule has 0 saturated carbocycles. The third-order valence-corrected chi connectivity index (χ3v) is 2.72. The second-order valence-electron chi connectivity index (χ2n) is 3.86. The van der Waals surface area contributed by atoms with Gasteiger partial charge in [-0.15, -0.1) is 0 Å². The van der Waals surface area contributed by atoms with Crippen molar-refractivity contribution in [3.8, 4) is 0 Å². The van der Waals surface area contributed by atoms with Crippen molar-refractivity contribution in [2.24, 2.45) is 0 Å². The zero-order valence-electron chi connectivity index (χ0n) is 9.23. The van der Waals surface area contributed by atoms with Gasteiger partial charge in [0.1, 0.15) is 11.3 Å². The van der Waals surface area contributed by atoms with E-state index >= 15 is 0 Å². The maximum atomic E-state index is 13.8. The van der Waals surface area contributed by atoms with E-state index in [4.69, 9.17) is 10.2 Å². The molecule has 0 aliphatic carbocycles. The largest absolute Gasteiger partial charge is 0.467 e. The Kier molecular flexibility index (Phi) is 2.29. The summed E-state index contributed by atoms with van der Waals surface area (Å²) in [5.41, 5.74) is 6.07. The zero-order chi connectivity index (χ0) is 12.7. The van der Waals surface area contributed by atoms with Crippen molar-refractivity contribution in [1.29, 1.82) is 0 Å². The first-order valence-corrected chi connectivity index (χ1v) is 5.29. The molecule has 0 aliphatic heterocycles. The van der Waals surface area contributed by atoms with Gasteiger partial charge in [0.2, 0.25) is 5.95 Å². The highest BCUT2D eigenvalue weighted by atomic mass is 19.2. The summed E-state index contributed by atoms with van der Waals surface area (Å²) in [4.78, 5) is 3.99. The molecule has 0 bridgehead atoms. The number of aromatic nitrogens is 2. The van der Waals surface area contributed by atoms with Gasteiger partial charge in [0, 0.05) is 0 Å². The van der Waals surface area contributed by atoms with Gasteiger partial charge in [-0.2, -0.15) is 0 Å². The average Bonchev–Trinajstić information content (AvgIpc) is 2.94. The molecule has 0 aliphatic rings. The van der Waals surface area contributed by atoms with Crippen LogP contribution in [0.5, 0.6) is 0 Å². The Morgan fingerprint density at radius 1 is 1.28 bits per heavy atom. The van der Waals surface area contributed by atoms with E-state index in [1.807, 2.05) is 0 Å². The topological polar surface area (TPSA) is 57.0 Å². The molecule has 0 fully saturated rings. The van der Waals surface area contributed by atoms with Gasteiger partial charge in [0.05, 0.1) is 18.3 Å². The molecule has 18 heavy (non-hydrogen) atoms. The molecule has 2 aromatic heterocycles. The Morgan fingerprint density at radius 2 is 2.11 bits per heavy atom. The molecule has 92 valence electrons. The van der Waals surface area contributed by atoms with E-state index < -0.39 is 11.6 Å². The normalized spacial score (nSPS) is 11.2. The standard InChI is InChI=1S/C12H9F2N3O/c13-8-3-4-9-11(10(8)14)17(12(15)16-9)6-7-2-1-5-18-7/h1-5H,6H2,(H2,15,16). The molecule has 0 spiro atoms. The summed E-state index contributed by atoms with van der Waals surface area (Å²) in [7, 11) is 0. The van der Waals surface area contributed by atoms with Gasteiger partial charge in [0.25, 0.3) is 0 Å². The van der Waals surface area contributed by atoms with Crippen LogP contribution in [0.1, 0.15) is 5.76 Å². The number of nitrogen functional groups attached to an aromatic ring is 1. The van der Waals surface area contributed by atoms with Crippen molar-refractivity contribution in [1.82, 2.24) is 9.55 Å². The number of fused-ring (bicyclic) bond motifs is 1. The number of furan rings is 1. The Bertz CT molecular complexity index is 704. The number of imidazole rings is 1. The fourth-order valence-electron chi connectivity index (χ4n) is 1.89. The smallest absolute Gasteiger partial charge is 0.201 e. The predicted molar refractivity (Wildman–Crippen MR) is 61.9 cm³/mol. The first-order valence-electron chi connectivity index (χ1n) is 5.29. The maximum Gasteiger partial charge on any atom is 0.201 e. The van der Waals surface area contributed by atoms with Crippen molar-refractivity contribution in [3.05, 3.63) is 47.9 Å². The molecule has 1 aromatic carbocycles. The monoisotopic (exact) mass is 249 g/mol. The number of benzene rings is 1. The third kappa shape index (κ3) is 1.54. The number of anilines is 1. The van der Waals surface area contributed by atoms with E-state index in [2.05, 4.69) is 4.98 Å². The summed E-state index contributed by atoms with van der Waals surface area (Å²) in [5.74, 6) is -1.18. The average molecular weight is 249 g/mol. The lowest BCUT2D eigenvalue weighted by molar-refractivity contribution is 0.490. The van der Waals surface area contributed by atoms with E-state index in [-0.39, 0.29) is 18.0 Å². The van der Waals surface area contributed by atoms with E-state index in [9.17, 15) is 8.78 Å². The summed E-state index contributed by atoms with van der Waals surface area (Å²) in [5, 5.41) is 0. The molecule has 2 heterocycles. The SMILES string of the molecule is Nc1nc2ccc(F)c(F)c2n1Cc1ccco1. The lowest BCUT2D eigenvalue weighted by Crippen LogP contribution is -2.05. The van der Waals surface area contributed by atoms with Crippen molar-refractivity contribution < 1.29 is 13.2 Å². The molecular weight excluding hydrogens is 240 g/mol. The summed E-state index contributed by atoms with van der Waals surface area (Å²) in [6.07, 6.45) is 1.50. The van der Waals surface area contributed by atoms with Gasteiger partial charge < -0.3 is 14.7 Å². The molecule has 4 nitrogen and oxygen atoms in total. The highest BCUT2D eigenvalue weighted by molar-refractivity contribution is 5.79. The minimum Gasteiger partial charge on any atom is -0.467 e. The minimum absolute atomic E-state index is 0.0453. The van der Waals surface area contributed by atoms with Gasteiger partial charge in [-0.05, 0) is 24.3 Å². The van der Waals surface area contributed by atoms with Crippen molar-refractivity contribution in [2.45, 2.75) is 6.54 Å². The summed E-state index contributed by atoms with van der Waals surface area (Å²) in [6, 6.07) is 5.86. The molecule has 3 rings (SSSR count). The Hall–Kier alpha value is -2.37. The van der Waals surface area contributed by atoms with Crippen LogP contribution >= 0.6 is 0 Å². The van der Waals surface area contributed by atoms with E-state index in [1.165, 1.54) is 16.9 Å². The molecular formula is C12H9F2N3O. The number of rotatable bonds is 2. The maximum absolute atomic E-state index is 13.8. The van der Waals surface area contributed by atoms with Crippen LogP contribution in [0.3, 0.4) is 0 Å². The Labute approximate surface area is 101 Å². The van der Waals surface area contributed by atoms with Gasteiger partial charge in [-0.3, -0.25) is 0 Å². The quantitative estimate of drug-likeness (QED) is 0.759. The van der Waals surface area contributed by atoms with E-state index in [1.54, 1.807) is 12.1 Å². The van der Waals surface area contributed by atoms with Crippen LogP contribution in [0.2, 0.25) is 0 Å². The van der Waals surface area contributed by atoms with Crippen molar-refractivity contribution in [2.75, 3.05) is 5.73 Å². The van der Waals surface area contributed by atoms with Crippen molar-refractivity contribution in [3.63, 3.8) is 0 Å². The van der Waals surface area contributed by atoms with E-state index in [0.717, 1.165) is 6.07 Å². The van der Waals surface area contributed by atoms with Gasteiger partial charge in [-0.25, -0.2) is 13.8 Å². The molecule has 0 saturated heterocycles. The van der Waals surface area contributed by atoms with E-state index in [0.29, 0.717) is 11.3 Å². The third-order valence-electron chi connectivity index (χ3n) is 2.72. The molecule has 0 unspecified atom stereocenters. The molecule has 2 N–H and O–H groups in total. The minimum atomic E-state index is -0.955. The molecule has 6 heteroatoms. The first kappa shape index (κ1) is 10.8. The van der Waals surface area contributed by atoms with Crippen LogP contribution in [0.25, 0.3) is 11.0 Å². The number of hydrogen-bond donors (Lipinski definition) is 1. The van der Waals surface area contributed by atoms with Crippen molar-refractivity contribution >= 4 is 17.0 Å². The summed E-state index contributed by atoms with van der Waals surface area (Å²) in [6.45, 7) is 0.204. The lowest BCUT2D eigenvalue weighted by atomic mass is 10.3. The van der Waals surface area contributed by atoms with Crippen LogP contribution in [-0.4, -0.2) is 9.55 Å². The summed E-state index contributed by atoms with van der Waals surface area (Å²) < 4.78 is 33.6. The van der Waals surface area contributed by atoms with Crippen LogP contribution in [-0.2, 0) is 6.54 Å². The van der Waals surface area contributed by atoms with Crippen LogP contribution in [0.4, 0.5) is 14.7 Å². The first-order chi connectivity index (χ1) is 8.66. The number of nitrogens with zero attached hydrogens (tertiary/aromatic N) is 2. The predicted octanol–water partition coefficient (Wildman–Crippen LogP) is 2.54. The fraction of sp³-hybridized carbons (Fsp3) is 0.0833. The van der Waals surface area contributed by atoms with Gasteiger partial charge >= 0.3 is 0 Å². The fourth-order valence-corrected chi connectivity index (χ4v) is 1.89. The second kappa shape index (κ2) is 3.83. The molecule has 0 atom stereocenters. The van der Waals surface area contributed by atoms with Gasteiger partial charge in [-0.1, -0.05) is 0 Å². The lowest BCUT2D eigenvalue weighted by Gasteiger charge is -2.04. The van der Waals surface area contributed by atoms with Crippen LogP contribution in [0.15, 0.2) is 34.9 Å². The van der Waals surface area contributed by atoms with Crippen LogP contribution < -0.4 is 5.73 Å². The summed E-state index contributed by atoms with van der Waals surface area (Å²) >= 11 is 0. The molecule has 0 amide bonds. The van der Waals surface area contributed by atoms with Gasteiger partial charge in [0.15, 0.2) is 11.6 Å². The Morgan fingerprint density at radius 3 is 2.83 bits per heavy atom. The second-order valence-corrected chi connectivity index (χ2v) is 3.86. The molecule has 0 radical (unpaired) electrons. The molecule has 3 aromatic rings. The highest BCUT2D eigenvalue weighted by Gasteiger charge is 2.16. The Balaban J connectivity index is 2.21. The number of nitrogens with two attached hydrogens (primary N) is 1. The van der Waals surface area contributed by atoms with Crippen LogP contribution in [0, 0.1) is 11.6 Å². The number of halogens is 2.